The molecule has 0 bridgehead atoms. The van der Waals surface area contributed by atoms with Gasteiger partial charge in [-0.25, -0.2) is 4.99 Å². The third-order valence-electron chi connectivity index (χ3n) is 3.07. The Hall–Kier alpha value is -2.61. The maximum Gasteiger partial charge on any atom is 0.416 e. The summed E-state index contributed by atoms with van der Waals surface area (Å²) in [5, 5.41) is 2.21. The first-order valence-corrected chi connectivity index (χ1v) is 7.60. The average molecular weight is 349 g/mol. The maximum atomic E-state index is 12.8. The van der Waals surface area contributed by atoms with Crippen LogP contribution in [0.25, 0.3) is 6.08 Å². The molecule has 1 N–H and O–H groups in total. The lowest BCUT2D eigenvalue weighted by Gasteiger charge is -2.07. The Morgan fingerprint density at radius 3 is 2.62 bits per heavy atom. The van der Waals surface area contributed by atoms with Gasteiger partial charge in [-0.1, -0.05) is 6.07 Å². The number of halogens is 3. The molecule has 1 aromatic heterocycles. The van der Waals surface area contributed by atoms with Crippen LogP contribution in [0.4, 0.5) is 23.7 Å². The van der Waals surface area contributed by atoms with E-state index in [-0.39, 0.29) is 16.8 Å². The highest BCUT2D eigenvalue weighted by molar-refractivity contribution is 8.18. The highest BCUT2D eigenvalue weighted by atomic mass is 32.2. The van der Waals surface area contributed by atoms with Crippen LogP contribution in [0, 0.1) is 0 Å². The number of pyridine rings is 1. The van der Waals surface area contributed by atoms with E-state index in [1.165, 1.54) is 12.1 Å². The SMILES string of the molecule is O=C1NC(=Nc2cccc(C(F)(F)F)c2)/C(=C/c2ccncc2)S1. The lowest BCUT2D eigenvalue weighted by Crippen LogP contribution is -2.18. The average Bonchev–Trinajstić information content (AvgIpc) is 2.87. The van der Waals surface area contributed by atoms with Crippen molar-refractivity contribution in [3.63, 3.8) is 0 Å². The predicted molar refractivity (Wildman–Crippen MR) is 86.9 cm³/mol. The number of benzene rings is 1. The van der Waals surface area contributed by atoms with Gasteiger partial charge in [0, 0.05) is 12.4 Å². The van der Waals surface area contributed by atoms with E-state index in [9.17, 15) is 18.0 Å². The van der Waals surface area contributed by atoms with E-state index in [0.717, 1.165) is 29.5 Å². The van der Waals surface area contributed by atoms with E-state index in [2.05, 4.69) is 15.3 Å². The minimum Gasteiger partial charge on any atom is -0.300 e. The third kappa shape index (κ3) is 3.83. The van der Waals surface area contributed by atoms with E-state index >= 15 is 0 Å². The molecule has 0 unspecified atom stereocenters. The van der Waals surface area contributed by atoms with Gasteiger partial charge >= 0.3 is 6.18 Å². The molecule has 8 heteroatoms. The normalized spacial score (nSPS) is 18.2. The van der Waals surface area contributed by atoms with Crippen molar-refractivity contribution in [2.75, 3.05) is 0 Å². The fourth-order valence-electron chi connectivity index (χ4n) is 2.00. The molecule has 1 aliphatic rings. The molecule has 1 aliphatic heterocycles. The molecule has 1 amide bonds. The molecule has 24 heavy (non-hydrogen) atoms. The van der Waals surface area contributed by atoms with Crippen molar-refractivity contribution in [2.45, 2.75) is 6.18 Å². The summed E-state index contributed by atoms with van der Waals surface area (Å²) in [6, 6.07) is 8.13. The van der Waals surface area contributed by atoms with Crippen LogP contribution in [-0.2, 0) is 6.18 Å². The number of alkyl halides is 3. The summed E-state index contributed by atoms with van der Waals surface area (Å²) in [6.07, 6.45) is 0.478. The van der Waals surface area contributed by atoms with E-state index in [1.54, 1.807) is 30.6 Å². The molecule has 2 heterocycles. The second kappa shape index (κ2) is 6.48. The molecule has 0 radical (unpaired) electrons. The number of carbonyl (C=O) groups excluding carboxylic acids is 1. The largest absolute Gasteiger partial charge is 0.416 e. The Morgan fingerprint density at radius 1 is 1.17 bits per heavy atom. The van der Waals surface area contributed by atoms with Gasteiger partial charge in [0.2, 0.25) is 0 Å². The van der Waals surface area contributed by atoms with Crippen LogP contribution < -0.4 is 5.32 Å². The summed E-state index contributed by atoms with van der Waals surface area (Å²) in [6.45, 7) is 0. The number of nitrogens with zero attached hydrogens (tertiary/aromatic N) is 2. The Morgan fingerprint density at radius 2 is 1.92 bits per heavy atom. The Labute approximate surface area is 139 Å². The number of nitrogens with one attached hydrogen (secondary N) is 1. The van der Waals surface area contributed by atoms with Gasteiger partial charge in [-0.3, -0.25) is 9.78 Å². The molecule has 4 nitrogen and oxygen atoms in total. The highest BCUT2D eigenvalue weighted by Gasteiger charge is 2.30. The van der Waals surface area contributed by atoms with Crippen LogP contribution in [0.15, 0.2) is 58.7 Å². The minimum absolute atomic E-state index is 0.114. The summed E-state index contributed by atoms with van der Waals surface area (Å²) in [5.41, 5.74) is 0.130. The van der Waals surface area contributed by atoms with E-state index in [4.69, 9.17) is 0 Å². The number of carbonyl (C=O) groups is 1. The molecule has 2 aromatic rings. The molecule has 3 rings (SSSR count). The minimum atomic E-state index is -4.44. The van der Waals surface area contributed by atoms with Gasteiger partial charge in [0.1, 0.15) is 5.84 Å². The number of hydrogen-bond acceptors (Lipinski definition) is 4. The van der Waals surface area contributed by atoms with Crippen LogP contribution in [0.1, 0.15) is 11.1 Å². The summed E-state index contributed by atoms with van der Waals surface area (Å²) in [4.78, 5) is 20.2. The van der Waals surface area contributed by atoms with Gasteiger partial charge < -0.3 is 5.32 Å². The number of hydrogen-bond donors (Lipinski definition) is 1. The van der Waals surface area contributed by atoms with Gasteiger partial charge in [0.05, 0.1) is 16.2 Å². The van der Waals surface area contributed by atoms with Gasteiger partial charge in [-0.05, 0) is 53.7 Å². The molecule has 1 fully saturated rings. The number of aliphatic imine (C=N–C) groups is 1. The zero-order valence-electron chi connectivity index (χ0n) is 12.0. The number of thioether (sulfide) groups is 1. The predicted octanol–water partition coefficient (Wildman–Crippen LogP) is 4.63. The monoisotopic (exact) mass is 349 g/mol. The zero-order chi connectivity index (χ0) is 17.2. The van der Waals surface area contributed by atoms with Crippen LogP contribution in [0.3, 0.4) is 0 Å². The second-order valence-corrected chi connectivity index (χ2v) is 5.83. The third-order valence-corrected chi connectivity index (χ3v) is 3.89. The van der Waals surface area contributed by atoms with Gasteiger partial charge in [-0.2, -0.15) is 13.2 Å². The molecule has 1 aromatic carbocycles. The molecule has 122 valence electrons. The second-order valence-electron chi connectivity index (χ2n) is 4.81. The number of amidine groups is 1. The first-order chi connectivity index (χ1) is 11.4. The Kier molecular flexibility index (Phi) is 4.39. The van der Waals surface area contributed by atoms with Crippen molar-refractivity contribution in [1.82, 2.24) is 10.3 Å². The fourth-order valence-corrected chi connectivity index (χ4v) is 2.74. The number of aromatic nitrogens is 1. The lowest BCUT2D eigenvalue weighted by molar-refractivity contribution is -0.137. The molecule has 0 atom stereocenters. The zero-order valence-corrected chi connectivity index (χ0v) is 12.9. The van der Waals surface area contributed by atoms with Crippen LogP contribution >= 0.6 is 11.8 Å². The van der Waals surface area contributed by atoms with Gasteiger partial charge in [-0.15, -0.1) is 0 Å². The first kappa shape index (κ1) is 16.3. The Bertz CT molecular complexity index is 832. The summed E-state index contributed by atoms with van der Waals surface area (Å²) in [7, 11) is 0. The Balaban J connectivity index is 1.96. The quantitative estimate of drug-likeness (QED) is 0.860. The molecule has 0 saturated carbocycles. The summed E-state index contributed by atoms with van der Waals surface area (Å²) < 4.78 is 38.3. The smallest absolute Gasteiger partial charge is 0.300 e. The van der Waals surface area contributed by atoms with Crippen molar-refractivity contribution >= 4 is 34.6 Å². The first-order valence-electron chi connectivity index (χ1n) is 6.79. The van der Waals surface area contributed by atoms with Crippen molar-refractivity contribution in [3.8, 4) is 0 Å². The van der Waals surface area contributed by atoms with Crippen LogP contribution in [0.2, 0.25) is 0 Å². The van der Waals surface area contributed by atoms with Crippen molar-refractivity contribution < 1.29 is 18.0 Å². The number of rotatable bonds is 2. The summed E-state index contributed by atoms with van der Waals surface area (Å²) in [5.74, 6) is 0.223. The van der Waals surface area contributed by atoms with Crippen molar-refractivity contribution in [1.29, 1.82) is 0 Å². The summed E-state index contributed by atoms with van der Waals surface area (Å²) >= 11 is 0.935. The lowest BCUT2D eigenvalue weighted by atomic mass is 10.2. The van der Waals surface area contributed by atoms with Gasteiger partial charge in [0.25, 0.3) is 5.24 Å². The standard InChI is InChI=1S/C16H10F3N3OS/c17-16(18,19)11-2-1-3-12(9-11)21-14-13(24-15(23)22-14)8-10-4-6-20-7-5-10/h1-9H,(H,21,22,23)/b13-8-. The molecule has 1 saturated heterocycles. The molecule has 0 spiro atoms. The van der Waals surface area contributed by atoms with E-state index in [0.29, 0.717) is 4.91 Å². The fraction of sp³-hybridized carbons (Fsp3) is 0.0625. The van der Waals surface area contributed by atoms with Crippen LogP contribution in [0.5, 0.6) is 0 Å². The number of amides is 1. The maximum absolute atomic E-state index is 12.8. The van der Waals surface area contributed by atoms with Gasteiger partial charge in [0.15, 0.2) is 0 Å². The highest BCUT2D eigenvalue weighted by Crippen LogP contribution is 2.33. The molecular weight excluding hydrogens is 339 g/mol. The topological polar surface area (TPSA) is 54.4 Å². The molecule has 0 aliphatic carbocycles. The van der Waals surface area contributed by atoms with E-state index in [1.807, 2.05) is 0 Å². The van der Waals surface area contributed by atoms with Crippen molar-refractivity contribution in [2.24, 2.45) is 4.99 Å². The van der Waals surface area contributed by atoms with Crippen molar-refractivity contribution in [3.05, 3.63) is 64.8 Å². The van der Waals surface area contributed by atoms with Crippen LogP contribution in [-0.4, -0.2) is 16.1 Å². The molecular formula is C16H10F3N3OS. The van der Waals surface area contributed by atoms with E-state index < -0.39 is 11.7 Å².